The third kappa shape index (κ3) is 4.26. The number of carbonyl (C=O) groups is 1. The quantitative estimate of drug-likeness (QED) is 0.308. The summed E-state index contributed by atoms with van der Waals surface area (Å²) in [6.45, 7) is 2.84. The van der Waals surface area contributed by atoms with Gasteiger partial charge in [-0.2, -0.15) is 0 Å². The molecule has 1 aromatic rings. The molecule has 0 unspecified atom stereocenters. The highest BCUT2D eigenvalue weighted by molar-refractivity contribution is 5.97. The number of amidine groups is 1. The minimum atomic E-state index is 0.0333. The third-order valence-electron chi connectivity index (χ3n) is 2.84. The average Bonchev–Trinajstić information content (AvgIpc) is 2.39. The van der Waals surface area contributed by atoms with E-state index in [1.807, 2.05) is 19.1 Å². The molecule has 0 heterocycles. The Morgan fingerprint density at radius 1 is 1.47 bits per heavy atom. The van der Waals surface area contributed by atoms with Gasteiger partial charge in [-0.05, 0) is 24.1 Å². The Morgan fingerprint density at radius 2 is 2.16 bits per heavy atom. The Kier molecular flexibility index (Phi) is 5.32. The van der Waals surface area contributed by atoms with E-state index in [1.54, 1.807) is 25.1 Å². The van der Waals surface area contributed by atoms with Crippen molar-refractivity contribution in [3.8, 4) is 0 Å². The molecule has 0 aliphatic rings. The van der Waals surface area contributed by atoms with E-state index in [1.165, 1.54) is 0 Å². The predicted molar refractivity (Wildman–Crippen MR) is 74.1 cm³/mol. The number of nitrogens with two attached hydrogens (primary N) is 1. The fraction of sp³-hybridized carbons (Fsp3) is 0.385. The van der Waals surface area contributed by atoms with Gasteiger partial charge in [0, 0.05) is 26.2 Å². The van der Waals surface area contributed by atoms with E-state index < -0.39 is 0 Å². The number of nitrogens with zero attached hydrogens (tertiary/aromatic N) is 2. The first-order valence-electron chi connectivity index (χ1n) is 5.94. The Bertz CT molecular complexity index is 484. The smallest absolute Gasteiger partial charge is 0.236 e. The summed E-state index contributed by atoms with van der Waals surface area (Å²) in [6, 6.07) is 5.53. The van der Waals surface area contributed by atoms with Gasteiger partial charge in [0.2, 0.25) is 5.91 Å². The van der Waals surface area contributed by atoms with Crippen molar-refractivity contribution in [2.75, 3.05) is 20.6 Å². The maximum atomic E-state index is 11.4. The Labute approximate surface area is 112 Å². The monoisotopic (exact) mass is 264 g/mol. The van der Waals surface area contributed by atoms with Crippen LogP contribution in [0.25, 0.3) is 0 Å². The van der Waals surface area contributed by atoms with Crippen LogP contribution < -0.4 is 11.1 Å². The van der Waals surface area contributed by atoms with Gasteiger partial charge in [-0.3, -0.25) is 4.79 Å². The second-order valence-corrected chi connectivity index (χ2v) is 4.52. The lowest BCUT2D eigenvalue weighted by molar-refractivity contribution is -0.127. The second kappa shape index (κ2) is 6.75. The van der Waals surface area contributed by atoms with E-state index in [9.17, 15) is 4.79 Å². The minimum absolute atomic E-state index is 0.0333. The zero-order chi connectivity index (χ0) is 14.4. The zero-order valence-corrected chi connectivity index (χ0v) is 11.5. The van der Waals surface area contributed by atoms with Crippen molar-refractivity contribution in [3.63, 3.8) is 0 Å². The molecule has 0 aromatic heterocycles. The number of amides is 1. The molecule has 0 aliphatic heterocycles. The number of aryl methyl sites for hydroxylation is 1. The number of carbonyl (C=O) groups excluding carboxylic acids is 1. The first kappa shape index (κ1) is 15.0. The van der Waals surface area contributed by atoms with Crippen LogP contribution in [0.15, 0.2) is 23.4 Å². The van der Waals surface area contributed by atoms with E-state index in [0.29, 0.717) is 18.7 Å². The molecule has 4 N–H and O–H groups in total. The molecule has 0 atom stereocenters. The van der Waals surface area contributed by atoms with E-state index in [2.05, 4.69) is 10.5 Å². The summed E-state index contributed by atoms with van der Waals surface area (Å²) in [5.41, 5.74) is 8.29. The van der Waals surface area contributed by atoms with Crippen molar-refractivity contribution in [2.45, 2.75) is 13.5 Å². The summed E-state index contributed by atoms with van der Waals surface area (Å²) >= 11 is 0. The van der Waals surface area contributed by atoms with Crippen LogP contribution in [0.3, 0.4) is 0 Å². The fourth-order valence-corrected chi connectivity index (χ4v) is 1.57. The standard InChI is InChI=1S/C13H20N4O2/c1-9-6-10(13(14)16-19)4-5-11(9)7-15-8-12(18)17(2)3/h4-6,15,19H,7-8H2,1-3H3,(H2,14,16). The van der Waals surface area contributed by atoms with Crippen LogP contribution in [0.4, 0.5) is 0 Å². The van der Waals surface area contributed by atoms with Gasteiger partial charge in [0.25, 0.3) is 0 Å². The number of benzene rings is 1. The van der Waals surface area contributed by atoms with Crippen molar-refractivity contribution in [1.29, 1.82) is 0 Å². The number of oxime groups is 1. The molecule has 0 bridgehead atoms. The van der Waals surface area contributed by atoms with Crippen LogP contribution in [-0.2, 0) is 11.3 Å². The maximum absolute atomic E-state index is 11.4. The van der Waals surface area contributed by atoms with E-state index >= 15 is 0 Å². The predicted octanol–water partition coefficient (Wildman–Crippen LogP) is 0.267. The van der Waals surface area contributed by atoms with E-state index in [0.717, 1.165) is 11.1 Å². The van der Waals surface area contributed by atoms with Gasteiger partial charge in [0.1, 0.15) is 0 Å². The van der Waals surface area contributed by atoms with Gasteiger partial charge >= 0.3 is 0 Å². The number of hydrogen-bond acceptors (Lipinski definition) is 4. The highest BCUT2D eigenvalue weighted by atomic mass is 16.4. The first-order chi connectivity index (χ1) is 8.95. The number of rotatable bonds is 5. The maximum Gasteiger partial charge on any atom is 0.236 e. The zero-order valence-electron chi connectivity index (χ0n) is 11.5. The summed E-state index contributed by atoms with van der Waals surface area (Å²) in [4.78, 5) is 12.9. The second-order valence-electron chi connectivity index (χ2n) is 4.52. The van der Waals surface area contributed by atoms with Gasteiger partial charge in [-0.15, -0.1) is 0 Å². The van der Waals surface area contributed by atoms with Crippen LogP contribution in [-0.4, -0.2) is 42.5 Å². The molecular formula is C13H20N4O2. The molecule has 0 aliphatic carbocycles. The third-order valence-corrected chi connectivity index (χ3v) is 2.84. The lowest BCUT2D eigenvalue weighted by Gasteiger charge is -2.12. The van der Waals surface area contributed by atoms with Gasteiger partial charge < -0.3 is 21.2 Å². The molecule has 1 aromatic carbocycles. The van der Waals surface area contributed by atoms with E-state index in [-0.39, 0.29) is 11.7 Å². The average molecular weight is 264 g/mol. The minimum Gasteiger partial charge on any atom is -0.409 e. The molecule has 0 saturated heterocycles. The number of hydrogen-bond donors (Lipinski definition) is 3. The van der Waals surface area contributed by atoms with Gasteiger partial charge in [0.15, 0.2) is 5.84 Å². The topological polar surface area (TPSA) is 91.0 Å². The molecule has 0 radical (unpaired) electrons. The summed E-state index contributed by atoms with van der Waals surface area (Å²) in [7, 11) is 3.45. The highest BCUT2D eigenvalue weighted by Gasteiger charge is 2.06. The Balaban J connectivity index is 2.63. The van der Waals surface area contributed by atoms with Gasteiger partial charge in [0.05, 0.1) is 6.54 Å². The fourth-order valence-electron chi connectivity index (χ4n) is 1.57. The lowest BCUT2D eigenvalue weighted by atomic mass is 10.0. The number of likely N-dealkylation sites (N-methyl/N-ethyl adjacent to an activating group) is 1. The molecular weight excluding hydrogens is 244 g/mol. The molecule has 0 fully saturated rings. The van der Waals surface area contributed by atoms with Crippen molar-refractivity contribution in [1.82, 2.24) is 10.2 Å². The van der Waals surface area contributed by atoms with Crippen LogP contribution in [0, 0.1) is 6.92 Å². The van der Waals surface area contributed by atoms with Crippen LogP contribution in [0.2, 0.25) is 0 Å². The molecule has 19 heavy (non-hydrogen) atoms. The molecule has 6 heteroatoms. The summed E-state index contributed by atoms with van der Waals surface area (Å²) in [6.07, 6.45) is 0. The summed E-state index contributed by atoms with van der Waals surface area (Å²) in [5, 5.41) is 14.7. The van der Waals surface area contributed by atoms with E-state index in [4.69, 9.17) is 10.9 Å². The summed E-state index contributed by atoms with van der Waals surface area (Å²) in [5.74, 6) is 0.122. The van der Waals surface area contributed by atoms with Crippen LogP contribution >= 0.6 is 0 Å². The summed E-state index contributed by atoms with van der Waals surface area (Å²) < 4.78 is 0. The molecule has 1 amide bonds. The SMILES string of the molecule is Cc1cc(/C(N)=N/O)ccc1CNCC(=O)N(C)C. The van der Waals surface area contributed by atoms with Gasteiger partial charge in [-0.1, -0.05) is 17.3 Å². The lowest BCUT2D eigenvalue weighted by Crippen LogP contribution is -2.32. The molecule has 1 rings (SSSR count). The van der Waals surface area contributed by atoms with Crippen molar-refractivity contribution >= 4 is 11.7 Å². The highest BCUT2D eigenvalue weighted by Crippen LogP contribution is 2.10. The van der Waals surface area contributed by atoms with Crippen LogP contribution in [0.5, 0.6) is 0 Å². The van der Waals surface area contributed by atoms with Crippen molar-refractivity contribution < 1.29 is 10.0 Å². The van der Waals surface area contributed by atoms with Crippen molar-refractivity contribution in [2.24, 2.45) is 10.9 Å². The molecule has 104 valence electrons. The van der Waals surface area contributed by atoms with Crippen LogP contribution in [0.1, 0.15) is 16.7 Å². The molecule has 0 saturated carbocycles. The Morgan fingerprint density at radius 3 is 2.68 bits per heavy atom. The normalized spacial score (nSPS) is 11.4. The number of nitrogens with one attached hydrogen (secondary N) is 1. The van der Waals surface area contributed by atoms with Gasteiger partial charge in [-0.25, -0.2) is 0 Å². The molecule has 6 nitrogen and oxygen atoms in total. The first-order valence-corrected chi connectivity index (χ1v) is 5.94. The Hall–Kier alpha value is -2.08. The molecule has 0 spiro atoms. The van der Waals surface area contributed by atoms with Crippen molar-refractivity contribution in [3.05, 3.63) is 34.9 Å². The largest absolute Gasteiger partial charge is 0.409 e.